The zero-order chi connectivity index (χ0) is 20.2. The minimum Gasteiger partial charge on any atom is -0.467 e. The number of nitrogens with zero attached hydrogens (tertiary/aromatic N) is 6. The van der Waals surface area contributed by atoms with Crippen LogP contribution in [0.2, 0.25) is 0 Å². The molecule has 0 atom stereocenters. The van der Waals surface area contributed by atoms with Gasteiger partial charge in [0.15, 0.2) is 0 Å². The number of piperidine rings is 1. The van der Waals surface area contributed by atoms with Crippen LogP contribution in [0.1, 0.15) is 18.4 Å². The Bertz CT molecular complexity index is 1020. The van der Waals surface area contributed by atoms with Crippen LogP contribution in [0.25, 0.3) is 22.4 Å². The topological polar surface area (TPSA) is 114 Å². The van der Waals surface area contributed by atoms with Crippen LogP contribution in [0, 0.1) is 11.3 Å². The summed E-state index contributed by atoms with van der Waals surface area (Å²) in [6.45, 7) is 1.66. The van der Waals surface area contributed by atoms with Crippen molar-refractivity contribution in [2.75, 3.05) is 25.1 Å². The summed E-state index contributed by atoms with van der Waals surface area (Å²) in [5.41, 5.74) is 9.89. The normalized spacial score (nSPS) is 14.4. The predicted octanol–water partition coefficient (Wildman–Crippen LogP) is 2.41. The summed E-state index contributed by atoms with van der Waals surface area (Å²) in [5.74, 6) is 0.675. The number of aromatic nitrogens is 4. The maximum atomic E-state index is 9.10. The first-order chi connectivity index (χ1) is 14.2. The van der Waals surface area contributed by atoms with E-state index in [0.29, 0.717) is 17.5 Å². The van der Waals surface area contributed by atoms with Gasteiger partial charge in [-0.1, -0.05) is 12.1 Å². The molecule has 0 bridgehead atoms. The average molecular weight is 387 g/mol. The molecule has 146 valence electrons. The minimum absolute atomic E-state index is 0.236. The fourth-order valence-electron chi connectivity index (χ4n) is 3.32. The second-order valence-corrected chi connectivity index (χ2v) is 6.90. The van der Waals surface area contributed by atoms with Gasteiger partial charge in [-0.3, -0.25) is 0 Å². The van der Waals surface area contributed by atoms with E-state index in [2.05, 4.69) is 25.9 Å². The molecule has 8 nitrogen and oxygen atoms in total. The maximum absolute atomic E-state index is 9.10. The number of ether oxygens (including phenoxy) is 1. The van der Waals surface area contributed by atoms with Crippen molar-refractivity contribution in [2.45, 2.75) is 18.9 Å². The standard InChI is InChI=1S/C21H21N7O/c1-29-21-25-11-16(12-26-21)18-13-24-20(28-8-6-17(23)7-9-28)27-19(18)15-4-2-14(10-22)3-5-15/h2-5,11-13,17H,6-9,23H2,1H3. The first-order valence-electron chi connectivity index (χ1n) is 9.42. The fraction of sp³-hybridized carbons (Fsp3) is 0.286. The molecule has 1 saturated heterocycles. The highest BCUT2D eigenvalue weighted by Gasteiger charge is 2.20. The van der Waals surface area contributed by atoms with Crippen LogP contribution in [-0.2, 0) is 0 Å². The van der Waals surface area contributed by atoms with Crippen LogP contribution in [-0.4, -0.2) is 46.2 Å². The lowest BCUT2D eigenvalue weighted by Gasteiger charge is -2.30. The summed E-state index contributed by atoms with van der Waals surface area (Å²) in [7, 11) is 1.53. The van der Waals surface area contributed by atoms with Gasteiger partial charge in [-0.05, 0) is 25.0 Å². The van der Waals surface area contributed by atoms with Gasteiger partial charge in [-0.2, -0.15) is 5.26 Å². The zero-order valence-electron chi connectivity index (χ0n) is 16.1. The number of methoxy groups -OCH3 is 1. The highest BCUT2D eigenvalue weighted by Crippen LogP contribution is 2.31. The summed E-state index contributed by atoms with van der Waals surface area (Å²) < 4.78 is 5.05. The molecule has 2 aromatic heterocycles. The smallest absolute Gasteiger partial charge is 0.316 e. The van der Waals surface area contributed by atoms with Crippen LogP contribution in [0.4, 0.5) is 5.95 Å². The molecule has 1 aliphatic rings. The molecule has 3 heterocycles. The number of nitrogens with two attached hydrogens (primary N) is 1. The van der Waals surface area contributed by atoms with Gasteiger partial charge in [-0.15, -0.1) is 0 Å². The molecule has 0 saturated carbocycles. The van der Waals surface area contributed by atoms with E-state index in [9.17, 15) is 0 Å². The summed E-state index contributed by atoms with van der Waals surface area (Å²) in [6.07, 6.45) is 7.03. The van der Waals surface area contributed by atoms with E-state index in [4.69, 9.17) is 20.7 Å². The van der Waals surface area contributed by atoms with E-state index < -0.39 is 0 Å². The Morgan fingerprint density at radius 3 is 2.34 bits per heavy atom. The van der Waals surface area contributed by atoms with E-state index in [1.54, 1.807) is 30.7 Å². The highest BCUT2D eigenvalue weighted by molar-refractivity contribution is 5.80. The molecular formula is C21H21N7O. The monoisotopic (exact) mass is 387 g/mol. The van der Waals surface area contributed by atoms with Gasteiger partial charge in [0.25, 0.3) is 0 Å². The quantitative estimate of drug-likeness (QED) is 0.726. The molecule has 0 amide bonds. The van der Waals surface area contributed by atoms with Crippen molar-refractivity contribution in [3.05, 3.63) is 48.4 Å². The SMILES string of the molecule is COc1ncc(-c2cnc(N3CCC(N)CC3)nc2-c2ccc(C#N)cc2)cn1. The zero-order valence-corrected chi connectivity index (χ0v) is 16.1. The van der Waals surface area contributed by atoms with Crippen LogP contribution in [0.3, 0.4) is 0 Å². The van der Waals surface area contributed by atoms with Gasteiger partial charge in [0, 0.05) is 54.4 Å². The molecule has 1 fully saturated rings. The van der Waals surface area contributed by atoms with E-state index in [1.807, 2.05) is 12.1 Å². The van der Waals surface area contributed by atoms with E-state index in [0.717, 1.165) is 48.3 Å². The number of nitriles is 1. The summed E-state index contributed by atoms with van der Waals surface area (Å²) in [4.78, 5) is 20.0. The molecule has 4 rings (SSSR count). The molecule has 0 aliphatic carbocycles. The Morgan fingerprint density at radius 2 is 1.72 bits per heavy atom. The second kappa shape index (κ2) is 8.20. The lowest BCUT2D eigenvalue weighted by atomic mass is 10.0. The van der Waals surface area contributed by atoms with Crippen LogP contribution in [0.5, 0.6) is 6.01 Å². The van der Waals surface area contributed by atoms with Gasteiger partial charge >= 0.3 is 6.01 Å². The Hall–Kier alpha value is -3.57. The average Bonchev–Trinajstić information content (AvgIpc) is 2.79. The van der Waals surface area contributed by atoms with Crippen molar-refractivity contribution >= 4 is 5.95 Å². The number of rotatable bonds is 4. The van der Waals surface area contributed by atoms with Crippen molar-refractivity contribution in [1.82, 2.24) is 19.9 Å². The van der Waals surface area contributed by atoms with Crippen molar-refractivity contribution in [2.24, 2.45) is 5.73 Å². The molecule has 0 unspecified atom stereocenters. The first-order valence-corrected chi connectivity index (χ1v) is 9.42. The highest BCUT2D eigenvalue weighted by atomic mass is 16.5. The number of hydrogen-bond acceptors (Lipinski definition) is 8. The predicted molar refractivity (Wildman–Crippen MR) is 109 cm³/mol. The first kappa shape index (κ1) is 18.8. The molecule has 8 heteroatoms. The molecule has 2 N–H and O–H groups in total. The van der Waals surface area contributed by atoms with E-state index >= 15 is 0 Å². The second-order valence-electron chi connectivity index (χ2n) is 6.90. The lowest BCUT2D eigenvalue weighted by molar-refractivity contribution is 0.380. The van der Waals surface area contributed by atoms with Crippen molar-refractivity contribution in [3.63, 3.8) is 0 Å². The van der Waals surface area contributed by atoms with Crippen molar-refractivity contribution in [3.8, 4) is 34.5 Å². The Balaban J connectivity index is 1.77. The summed E-state index contributed by atoms with van der Waals surface area (Å²) >= 11 is 0. The Morgan fingerprint density at radius 1 is 1.03 bits per heavy atom. The van der Waals surface area contributed by atoms with Crippen molar-refractivity contribution in [1.29, 1.82) is 5.26 Å². The van der Waals surface area contributed by atoms with E-state index in [-0.39, 0.29) is 6.04 Å². The molecular weight excluding hydrogens is 366 g/mol. The van der Waals surface area contributed by atoms with E-state index in [1.165, 1.54) is 7.11 Å². The van der Waals surface area contributed by atoms with Gasteiger partial charge in [0.1, 0.15) is 0 Å². The maximum Gasteiger partial charge on any atom is 0.316 e. The number of anilines is 1. The minimum atomic E-state index is 0.236. The Kier molecular flexibility index (Phi) is 5.31. The lowest BCUT2D eigenvalue weighted by Crippen LogP contribution is -2.40. The third kappa shape index (κ3) is 4.00. The molecule has 0 radical (unpaired) electrons. The molecule has 0 spiro atoms. The largest absolute Gasteiger partial charge is 0.467 e. The number of hydrogen-bond donors (Lipinski definition) is 1. The van der Waals surface area contributed by atoms with Crippen LogP contribution in [0.15, 0.2) is 42.9 Å². The van der Waals surface area contributed by atoms with Crippen LogP contribution < -0.4 is 15.4 Å². The Labute approximate surface area is 169 Å². The fourth-order valence-corrected chi connectivity index (χ4v) is 3.32. The third-order valence-electron chi connectivity index (χ3n) is 5.01. The third-order valence-corrected chi connectivity index (χ3v) is 5.01. The number of benzene rings is 1. The van der Waals surface area contributed by atoms with Gasteiger partial charge < -0.3 is 15.4 Å². The van der Waals surface area contributed by atoms with Crippen molar-refractivity contribution < 1.29 is 4.74 Å². The summed E-state index contributed by atoms with van der Waals surface area (Å²) in [5, 5.41) is 9.10. The molecule has 1 aromatic carbocycles. The van der Waals surface area contributed by atoms with Gasteiger partial charge in [0.2, 0.25) is 5.95 Å². The summed E-state index contributed by atoms with van der Waals surface area (Å²) in [6, 6.07) is 10.0. The van der Waals surface area contributed by atoms with Gasteiger partial charge in [-0.25, -0.2) is 19.9 Å². The van der Waals surface area contributed by atoms with Gasteiger partial charge in [0.05, 0.1) is 24.4 Å². The molecule has 29 heavy (non-hydrogen) atoms. The van der Waals surface area contributed by atoms with Crippen LogP contribution >= 0.6 is 0 Å². The molecule has 1 aliphatic heterocycles. The molecule has 3 aromatic rings.